The monoisotopic (exact) mass is 307 g/mol. The maximum absolute atomic E-state index is 12.7. The van der Waals surface area contributed by atoms with Gasteiger partial charge in [0.2, 0.25) is 0 Å². The zero-order valence-electron chi connectivity index (χ0n) is 12.7. The van der Waals surface area contributed by atoms with E-state index in [1.807, 2.05) is 13.0 Å². The van der Waals surface area contributed by atoms with Crippen LogP contribution in [0.2, 0.25) is 0 Å². The minimum Gasteiger partial charge on any atom is -0.486 e. The number of ether oxygens (including phenoxy) is 2. The summed E-state index contributed by atoms with van der Waals surface area (Å²) in [5.41, 5.74) is 0.161. The lowest BCUT2D eigenvalue weighted by Crippen LogP contribution is -2.52. The van der Waals surface area contributed by atoms with Gasteiger partial charge in [0.25, 0.3) is 5.91 Å². The number of benzene rings is 1. The first-order valence-electron chi connectivity index (χ1n) is 7.55. The molecule has 0 aliphatic carbocycles. The van der Waals surface area contributed by atoms with Crippen molar-refractivity contribution in [1.29, 1.82) is 0 Å². The SMILES string of the molecule is Cc1cc2c(cc1C(=O)N1CCC[C@](O)(CO)C1)OCCO2. The standard InChI is InChI=1S/C16H21NO5/c1-11-7-13-14(22-6-5-21-13)8-12(11)15(19)17-4-2-3-16(20,9-17)10-18/h7-8,18,20H,2-6,9-10H2,1H3/t16-/m1/s1. The van der Waals surface area contributed by atoms with Crippen molar-refractivity contribution in [3.63, 3.8) is 0 Å². The van der Waals surface area contributed by atoms with Crippen LogP contribution in [0.15, 0.2) is 12.1 Å². The Morgan fingerprint density at radius 3 is 2.68 bits per heavy atom. The highest BCUT2D eigenvalue weighted by atomic mass is 16.6. The summed E-state index contributed by atoms with van der Waals surface area (Å²) in [5, 5.41) is 19.5. The lowest BCUT2D eigenvalue weighted by atomic mass is 9.93. The molecule has 1 aromatic rings. The molecule has 1 amide bonds. The molecule has 0 bridgehead atoms. The van der Waals surface area contributed by atoms with Gasteiger partial charge < -0.3 is 24.6 Å². The Labute approximate surface area is 129 Å². The Balaban J connectivity index is 1.85. The molecule has 2 aliphatic rings. The number of aliphatic hydroxyl groups is 2. The second-order valence-electron chi connectivity index (χ2n) is 6.02. The molecular weight excluding hydrogens is 286 g/mol. The van der Waals surface area contributed by atoms with Crippen LogP contribution in [-0.2, 0) is 0 Å². The van der Waals surface area contributed by atoms with Crippen LogP contribution >= 0.6 is 0 Å². The van der Waals surface area contributed by atoms with Gasteiger partial charge in [0.1, 0.15) is 18.8 Å². The van der Waals surface area contributed by atoms with Crippen molar-refractivity contribution in [1.82, 2.24) is 4.90 Å². The first kappa shape index (κ1) is 15.1. The number of carbonyl (C=O) groups is 1. The van der Waals surface area contributed by atoms with Gasteiger partial charge in [-0.2, -0.15) is 0 Å². The molecule has 1 atom stereocenters. The Morgan fingerprint density at radius 2 is 2.00 bits per heavy atom. The number of amides is 1. The molecule has 0 unspecified atom stereocenters. The maximum Gasteiger partial charge on any atom is 0.254 e. The van der Waals surface area contributed by atoms with Crippen molar-refractivity contribution >= 4 is 5.91 Å². The highest BCUT2D eigenvalue weighted by Gasteiger charge is 2.35. The zero-order valence-corrected chi connectivity index (χ0v) is 12.7. The molecule has 0 aromatic heterocycles. The number of aliphatic hydroxyl groups excluding tert-OH is 1. The van der Waals surface area contributed by atoms with Crippen LogP contribution in [0.4, 0.5) is 0 Å². The molecule has 120 valence electrons. The highest BCUT2D eigenvalue weighted by molar-refractivity contribution is 5.96. The number of carbonyl (C=O) groups excluding carboxylic acids is 1. The Hall–Kier alpha value is -1.79. The van der Waals surface area contributed by atoms with Gasteiger partial charge in [-0.25, -0.2) is 0 Å². The molecule has 2 heterocycles. The van der Waals surface area contributed by atoms with Crippen LogP contribution in [0, 0.1) is 6.92 Å². The van der Waals surface area contributed by atoms with Crippen LogP contribution in [0.3, 0.4) is 0 Å². The second-order valence-corrected chi connectivity index (χ2v) is 6.02. The molecule has 0 saturated carbocycles. The van der Waals surface area contributed by atoms with E-state index in [0.717, 1.165) is 5.56 Å². The van der Waals surface area contributed by atoms with E-state index in [-0.39, 0.29) is 19.1 Å². The Kier molecular flexibility index (Phi) is 3.97. The smallest absolute Gasteiger partial charge is 0.254 e. The number of piperidine rings is 1. The summed E-state index contributed by atoms with van der Waals surface area (Å²) in [7, 11) is 0. The number of likely N-dealkylation sites (tertiary alicyclic amines) is 1. The fourth-order valence-electron chi connectivity index (χ4n) is 3.01. The summed E-state index contributed by atoms with van der Waals surface area (Å²) in [6.07, 6.45) is 1.18. The number of β-amino-alcohol motifs (C(OH)–C–C–N with tert-alkyl or cyclic N) is 1. The second kappa shape index (κ2) is 5.78. The van der Waals surface area contributed by atoms with Gasteiger partial charge in [-0.05, 0) is 37.5 Å². The molecule has 1 fully saturated rings. The molecule has 2 aliphatic heterocycles. The average Bonchev–Trinajstić information content (AvgIpc) is 2.53. The first-order chi connectivity index (χ1) is 10.5. The van der Waals surface area contributed by atoms with Crippen molar-refractivity contribution in [3.8, 4) is 11.5 Å². The third kappa shape index (κ3) is 2.76. The number of nitrogens with zero attached hydrogens (tertiary/aromatic N) is 1. The van der Waals surface area contributed by atoms with Gasteiger partial charge in [-0.1, -0.05) is 0 Å². The molecule has 22 heavy (non-hydrogen) atoms. The molecular formula is C16H21NO5. The molecule has 0 spiro atoms. The van der Waals surface area contributed by atoms with E-state index >= 15 is 0 Å². The predicted molar refractivity (Wildman–Crippen MR) is 79.3 cm³/mol. The quantitative estimate of drug-likeness (QED) is 0.842. The molecule has 3 rings (SSSR count). The van der Waals surface area contributed by atoms with E-state index < -0.39 is 5.60 Å². The van der Waals surface area contributed by atoms with Crippen molar-refractivity contribution in [2.75, 3.05) is 32.9 Å². The number of fused-ring (bicyclic) bond motifs is 1. The Morgan fingerprint density at radius 1 is 1.32 bits per heavy atom. The van der Waals surface area contributed by atoms with Crippen LogP contribution < -0.4 is 9.47 Å². The van der Waals surface area contributed by atoms with Crippen LogP contribution in [0.1, 0.15) is 28.8 Å². The average molecular weight is 307 g/mol. The number of hydrogen-bond donors (Lipinski definition) is 2. The largest absolute Gasteiger partial charge is 0.486 e. The summed E-state index contributed by atoms with van der Waals surface area (Å²) in [4.78, 5) is 14.3. The normalized spacial score (nSPS) is 24.2. The van der Waals surface area contributed by atoms with E-state index in [4.69, 9.17) is 9.47 Å². The summed E-state index contributed by atoms with van der Waals surface area (Å²) >= 11 is 0. The molecule has 2 N–H and O–H groups in total. The summed E-state index contributed by atoms with van der Waals surface area (Å²) in [5.74, 6) is 1.08. The molecule has 0 radical (unpaired) electrons. The van der Waals surface area contributed by atoms with Gasteiger partial charge in [-0.3, -0.25) is 4.79 Å². The number of rotatable bonds is 2. The highest BCUT2D eigenvalue weighted by Crippen LogP contribution is 2.34. The molecule has 1 aromatic carbocycles. The van der Waals surface area contributed by atoms with E-state index in [9.17, 15) is 15.0 Å². The van der Waals surface area contributed by atoms with Gasteiger partial charge in [0.05, 0.1) is 13.2 Å². The van der Waals surface area contributed by atoms with E-state index in [0.29, 0.717) is 49.7 Å². The zero-order chi connectivity index (χ0) is 15.7. The first-order valence-corrected chi connectivity index (χ1v) is 7.55. The lowest BCUT2D eigenvalue weighted by Gasteiger charge is -2.38. The number of hydrogen-bond acceptors (Lipinski definition) is 5. The van der Waals surface area contributed by atoms with Crippen LogP contribution in [0.5, 0.6) is 11.5 Å². The van der Waals surface area contributed by atoms with E-state index in [1.54, 1.807) is 11.0 Å². The molecule has 6 heteroatoms. The minimum atomic E-state index is -1.20. The molecule has 6 nitrogen and oxygen atoms in total. The van der Waals surface area contributed by atoms with Crippen LogP contribution in [0.25, 0.3) is 0 Å². The van der Waals surface area contributed by atoms with Crippen molar-refractivity contribution in [3.05, 3.63) is 23.3 Å². The fourth-order valence-corrected chi connectivity index (χ4v) is 3.01. The minimum absolute atomic E-state index is 0.149. The van der Waals surface area contributed by atoms with Crippen LogP contribution in [-0.4, -0.2) is 59.5 Å². The topological polar surface area (TPSA) is 79.2 Å². The van der Waals surface area contributed by atoms with Crippen molar-refractivity contribution in [2.24, 2.45) is 0 Å². The number of aryl methyl sites for hydroxylation is 1. The van der Waals surface area contributed by atoms with Gasteiger partial charge in [0.15, 0.2) is 11.5 Å². The maximum atomic E-state index is 12.7. The van der Waals surface area contributed by atoms with Crippen molar-refractivity contribution < 1.29 is 24.5 Å². The molecule has 1 saturated heterocycles. The Bertz CT molecular complexity index is 588. The third-order valence-electron chi connectivity index (χ3n) is 4.26. The van der Waals surface area contributed by atoms with E-state index in [2.05, 4.69) is 0 Å². The van der Waals surface area contributed by atoms with Crippen molar-refractivity contribution in [2.45, 2.75) is 25.4 Å². The lowest BCUT2D eigenvalue weighted by molar-refractivity contribution is -0.0598. The van der Waals surface area contributed by atoms with Gasteiger partial charge in [-0.15, -0.1) is 0 Å². The van der Waals surface area contributed by atoms with Gasteiger partial charge in [0, 0.05) is 12.1 Å². The predicted octanol–water partition coefficient (Wildman–Crippen LogP) is 0.726. The third-order valence-corrected chi connectivity index (χ3v) is 4.26. The van der Waals surface area contributed by atoms with Gasteiger partial charge >= 0.3 is 0 Å². The fraction of sp³-hybridized carbons (Fsp3) is 0.562. The summed E-state index contributed by atoms with van der Waals surface area (Å²) < 4.78 is 11.0. The van der Waals surface area contributed by atoms with E-state index in [1.165, 1.54) is 0 Å². The summed E-state index contributed by atoms with van der Waals surface area (Å²) in [6, 6.07) is 3.52. The summed E-state index contributed by atoms with van der Waals surface area (Å²) in [6.45, 7) is 3.23.